The van der Waals surface area contributed by atoms with Crippen molar-refractivity contribution in [2.24, 2.45) is 0 Å². The molecular formula is C11H12N2O4S3. The number of aryl methyl sites for hydroxylation is 1. The molecule has 2 N–H and O–H groups in total. The molecule has 1 unspecified atom stereocenters. The van der Waals surface area contributed by atoms with E-state index in [2.05, 4.69) is 9.71 Å². The van der Waals surface area contributed by atoms with Gasteiger partial charge < -0.3 is 5.11 Å². The van der Waals surface area contributed by atoms with Crippen LogP contribution in [-0.4, -0.2) is 24.5 Å². The Labute approximate surface area is 124 Å². The highest BCUT2D eigenvalue weighted by atomic mass is 32.2. The second-order valence-electron chi connectivity index (χ2n) is 4.07. The standard InChI is InChI=1S/C11H12N2O4S3/c1-6-5-12-10(19-6)7(2)13-20(16,17)8-3-4-18-9(8)11(14)15/h3-5,7,13H,1-2H3,(H,14,15). The molecule has 0 amide bonds. The Morgan fingerprint density at radius 3 is 2.75 bits per heavy atom. The third-order valence-electron chi connectivity index (χ3n) is 2.45. The van der Waals surface area contributed by atoms with Crippen LogP contribution in [0.2, 0.25) is 0 Å². The second kappa shape index (κ2) is 5.60. The zero-order chi connectivity index (χ0) is 14.9. The van der Waals surface area contributed by atoms with Crippen molar-refractivity contribution in [2.45, 2.75) is 24.8 Å². The van der Waals surface area contributed by atoms with Crippen LogP contribution in [0.3, 0.4) is 0 Å². The maximum atomic E-state index is 12.2. The van der Waals surface area contributed by atoms with Crippen LogP contribution >= 0.6 is 22.7 Å². The predicted molar refractivity (Wildman–Crippen MR) is 76.9 cm³/mol. The van der Waals surface area contributed by atoms with Crippen LogP contribution in [0.15, 0.2) is 22.5 Å². The number of carboxylic acid groups (broad SMARTS) is 1. The number of hydrogen-bond donors (Lipinski definition) is 2. The van der Waals surface area contributed by atoms with Gasteiger partial charge in [-0.25, -0.2) is 22.9 Å². The first kappa shape index (κ1) is 15.1. The first-order valence-corrected chi connectivity index (χ1v) is 8.74. The van der Waals surface area contributed by atoms with Crippen LogP contribution in [0.4, 0.5) is 0 Å². The number of nitrogens with one attached hydrogen (secondary N) is 1. The lowest BCUT2D eigenvalue weighted by molar-refractivity contribution is 0.0698. The van der Waals surface area contributed by atoms with E-state index in [4.69, 9.17) is 5.11 Å². The van der Waals surface area contributed by atoms with Gasteiger partial charge in [0.25, 0.3) is 0 Å². The van der Waals surface area contributed by atoms with Crippen molar-refractivity contribution in [3.63, 3.8) is 0 Å². The van der Waals surface area contributed by atoms with E-state index in [1.54, 1.807) is 13.1 Å². The summed E-state index contributed by atoms with van der Waals surface area (Å²) in [5.41, 5.74) is 0. The summed E-state index contributed by atoms with van der Waals surface area (Å²) in [5.74, 6) is -1.25. The topological polar surface area (TPSA) is 96.4 Å². The molecule has 2 aromatic heterocycles. The molecule has 0 aromatic carbocycles. The second-order valence-corrected chi connectivity index (χ2v) is 7.94. The summed E-state index contributed by atoms with van der Waals surface area (Å²) in [6, 6.07) is 0.774. The molecule has 2 heterocycles. The highest BCUT2D eigenvalue weighted by molar-refractivity contribution is 7.89. The number of rotatable bonds is 5. The van der Waals surface area contributed by atoms with Crippen LogP contribution in [-0.2, 0) is 10.0 Å². The molecule has 6 nitrogen and oxygen atoms in total. The lowest BCUT2D eigenvalue weighted by Gasteiger charge is -2.11. The minimum absolute atomic E-state index is 0.194. The number of thiophene rings is 1. The fourth-order valence-corrected chi connectivity index (χ4v) is 4.90. The van der Waals surface area contributed by atoms with E-state index in [-0.39, 0.29) is 9.77 Å². The molecule has 0 bridgehead atoms. The predicted octanol–water partition coefficient (Wildman–Crippen LogP) is 2.25. The molecule has 2 rings (SSSR count). The summed E-state index contributed by atoms with van der Waals surface area (Å²) >= 11 is 2.27. The summed E-state index contributed by atoms with van der Waals surface area (Å²) in [4.78, 5) is 15.7. The van der Waals surface area contributed by atoms with Crippen molar-refractivity contribution in [3.05, 3.63) is 32.4 Å². The summed E-state index contributed by atoms with van der Waals surface area (Å²) in [6.45, 7) is 3.55. The zero-order valence-electron chi connectivity index (χ0n) is 10.7. The molecule has 20 heavy (non-hydrogen) atoms. The van der Waals surface area contributed by atoms with E-state index in [1.807, 2.05) is 6.92 Å². The fraction of sp³-hybridized carbons (Fsp3) is 0.273. The Morgan fingerprint density at radius 2 is 2.20 bits per heavy atom. The lowest BCUT2D eigenvalue weighted by Crippen LogP contribution is -2.27. The first-order valence-electron chi connectivity index (χ1n) is 5.56. The number of aromatic carboxylic acids is 1. The zero-order valence-corrected chi connectivity index (χ0v) is 13.1. The fourth-order valence-electron chi connectivity index (χ4n) is 1.58. The van der Waals surface area contributed by atoms with Crippen molar-refractivity contribution in [2.75, 3.05) is 0 Å². The summed E-state index contributed by atoms with van der Waals surface area (Å²) in [5, 5.41) is 11.1. The van der Waals surface area contributed by atoms with E-state index in [0.29, 0.717) is 5.01 Å². The molecule has 0 aliphatic rings. The average Bonchev–Trinajstić information content (AvgIpc) is 2.96. The van der Waals surface area contributed by atoms with Gasteiger partial charge in [-0.2, -0.15) is 0 Å². The van der Waals surface area contributed by atoms with Crippen LogP contribution in [0.25, 0.3) is 0 Å². The Kier molecular flexibility index (Phi) is 4.23. The highest BCUT2D eigenvalue weighted by Gasteiger charge is 2.26. The number of hydrogen-bond acceptors (Lipinski definition) is 6. The van der Waals surface area contributed by atoms with Crippen molar-refractivity contribution < 1.29 is 18.3 Å². The van der Waals surface area contributed by atoms with Crippen molar-refractivity contribution in [1.82, 2.24) is 9.71 Å². The van der Waals surface area contributed by atoms with Gasteiger partial charge in [0.2, 0.25) is 10.0 Å². The maximum absolute atomic E-state index is 12.2. The SMILES string of the molecule is Cc1cnc(C(C)NS(=O)(=O)c2ccsc2C(=O)O)s1. The van der Waals surface area contributed by atoms with Gasteiger partial charge in [0.15, 0.2) is 0 Å². The van der Waals surface area contributed by atoms with Gasteiger partial charge in [-0.05, 0) is 25.3 Å². The third kappa shape index (κ3) is 3.06. The van der Waals surface area contributed by atoms with Crippen molar-refractivity contribution >= 4 is 38.7 Å². The van der Waals surface area contributed by atoms with E-state index in [0.717, 1.165) is 16.2 Å². The van der Waals surface area contributed by atoms with Gasteiger partial charge >= 0.3 is 5.97 Å². The number of aromatic nitrogens is 1. The molecule has 0 aliphatic heterocycles. The monoisotopic (exact) mass is 332 g/mol. The average molecular weight is 332 g/mol. The van der Waals surface area contributed by atoms with Crippen LogP contribution in [0, 0.1) is 6.92 Å². The largest absolute Gasteiger partial charge is 0.477 e. The molecule has 9 heteroatoms. The molecule has 0 aliphatic carbocycles. The van der Waals surface area contributed by atoms with E-state index in [1.165, 1.54) is 22.8 Å². The van der Waals surface area contributed by atoms with Gasteiger partial charge in [-0.3, -0.25) is 0 Å². The van der Waals surface area contributed by atoms with E-state index < -0.39 is 22.0 Å². The third-order valence-corrected chi connectivity index (χ3v) is 6.16. The summed E-state index contributed by atoms with van der Waals surface area (Å²) in [6.07, 6.45) is 1.66. The Balaban J connectivity index is 2.27. The Hall–Kier alpha value is -1.29. The number of thiazole rings is 1. The molecule has 0 spiro atoms. The molecule has 0 saturated carbocycles. The highest BCUT2D eigenvalue weighted by Crippen LogP contribution is 2.25. The molecule has 0 radical (unpaired) electrons. The minimum atomic E-state index is -3.88. The van der Waals surface area contributed by atoms with E-state index >= 15 is 0 Å². The van der Waals surface area contributed by atoms with Crippen LogP contribution < -0.4 is 4.72 Å². The molecular weight excluding hydrogens is 320 g/mol. The van der Waals surface area contributed by atoms with Gasteiger partial charge in [-0.15, -0.1) is 22.7 Å². The molecule has 0 fully saturated rings. The van der Waals surface area contributed by atoms with Gasteiger partial charge in [0.05, 0.1) is 6.04 Å². The number of sulfonamides is 1. The Morgan fingerprint density at radius 1 is 1.50 bits per heavy atom. The number of nitrogens with zero attached hydrogens (tertiary/aromatic N) is 1. The lowest BCUT2D eigenvalue weighted by atomic mass is 10.4. The summed E-state index contributed by atoms with van der Waals surface area (Å²) < 4.78 is 26.9. The van der Waals surface area contributed by atoms with Gasteiger partial charge in [0, 0.05) is 11.1 Å². The Bertz CT molecular complexity index is 732. The molecule has 1 atom stereocenters. The van der Waals surface area contributed by atoms with Gasteiger partial charge in [0.1, 0.15) is 14.8 Å². The first-order chi connectivity index (χ1) is 9.31. The number of carboxylic acids is 1. The molecule has 0 saturated heterocycles. The smallest absolute Gasteiger partial charge is 0.347 e. The minimum Gasteiger partial charge on any atom is -0.477 e. The van der Waals surface area contributed by atoms with Gasteiger partial charge in [-0.1, -0.05) is 0 Å². The summed E-state index contributed by atoms with van der Waals surface area (Å²) in [7, 11) is -3.88. The maximum Gasteiger partial charge on any atom is 0.347 e. The van der Waals surface area contributed by atoms with Crippen LogP contribution in [0.5, 0.6) is 0 Å². The normalized spacial score (nSPS) is 13.3. The van der Waals surface area contributed by atoms with Crippen molar-refractivity contribution in [3.8, 4) is 0 Å². The molecule has 108 valence electrons. The number of carbonyl (C=O) groups is 1. The van der Waals surface area contributed by atoms with E-state index in [9.17, 15) is 13.2 Å². The van der Waals surface area contributed by atoms with Crippen LogP contribution in [0.1, 0.15) is 32.5 Å². The quantitative estimate of drug-likeness (QED) is 0.875. The molecule has 2 aromatic rings. The van der Waals surface area contributed by atoms with Crippen molar-refractivity contribution in [1.29, 1.82) is 0 Å².